The Bertz CT molecular complexity index is 944. The van der Waals surface area contributed by atoms with Crippen molar-refractivity contribution in [3.05, 3.63) is 52.3 Å². The number of aryl methyl sites for hydroxylation is 2. The smallest absolute Gasteiger partial charge is 0.270 e. The van der Waals surface area contributed by atoms with Gasteiger partial charge in [-0.05, 0) is 57.0 Å². The van der Waals surface area contributed by atoms with E-state index in [4.69, 9.17) is 4.74 Å². The Balaban J connectivity index is 1.66. The fraction of sp³-hybridized carbons (Fsp3) is 0.350. The monoisotopic (exact) mass is 384 g/mol. The van der Waals surface area contributed by atoms with E-state index in [2.05, 4.69) is 15.4 Å². The maximum atomic E-state index is 12.6. The lowest BCUT2D eigenvalue weighted by molar-refractivity contribution is 0.0935. The largest absolute Gasteiger partial charge is 0.497 e. The predicted molar refractivity (Wildman–Crippen MR) is 107 cm³/mol. The van der Waals surface area contributed by atoms with Gasteiger partial charge in [-0.15, -0.1) is 11.3 Å². The third-order valence-electron chi connectivity index (χ3n) is 4.62. The van der Waals surface area contributed by atoms with Gasteiger partial charge in [0.1, 0.15) is 16.5 Å². The van der Waals surface area contributed by atoms with E-state index < -0.39 is 0 Å². The third kappa shape index (κ3) is 4.19. The van der Waals surface area contributed by atoms with E-state index >= 15 is 0 Å². The Hall–Kier alpha value is -2.67. The zero-order valence-electron chi connectivity index (χ0n) is 16.2. The minimum Gasteiger partial charge on any atom is -0.497 e. The first-order chi connectivity index (χ1) is 12.9. The highest BCUT2D eigenvalue weighted by atomic mass is 32.1. The fourth-order valence-electron chi connectivity index (χ4n) is 3.01. The average Bonchev–Trinajstić information content (AvgIpc) is 3.23. The molecule has 0 aliphatic rings. The minimum absolute atomic E-state index is 0.00904. The molecule has 0 fully saturated rings. The summed E-state index contributed by atoms with van der Waals surface area (Å²) in [6.07, 6.45) is 0.743. The van der Waals surface area contributed by atoms with Crippen molar-refractivity contribution in [1.82, 2.24) is 20.1 Å². The maximum Gasteiger partial charge on any atom is 0.270 e. The summed E-state index contributed by atoms with van der Waals surface area (Å²) in [6.45, 7) is 6.05. The van der Waals surface area contributed by atoms with Crippen molar-refractivity contribution in [3.63, 3.8) is 0 Å². The van der Waals surface area contributed by atoms with Gasteiger partial charge in [0.15, 0.2) is 0 Å². The molecular weight excluding hydrogens is 360 g/mol. The average molecular weight is 385 g/mol. The lowest BCUT2D eigenvalue weighted by Crippen LogP contribution is -2.34. The molecule has 1 amide bonds. The van der Waals surface area contributed by atoms with E-state index in [1.165, 1.54) is 16.9 Å². The van der Waals surface area contributed by atoms with Crippen LogP contribution in [0.3, 0.4) is 0 Å². The Kier molecular flexibility index (Phi) is 5.60. The van der Waals surface area contributed by atoms with Crippen LogP contribution in [-0.4, -0.2) is 33.8 Å². The van der Waals surface area contributed by atoms with Gasteiger partial charge in [0.05, 0.1) is 12.8 Å². The molecule has 0 radical (unpaired) electrons. The Labute approximate surface area is 163 Å². The van der Waals surface area contributed by atoms with Crippen LogP contribution in [0.15, 0.2) is 29.6 Å². The van der Waals surface area contributed by atoms with Crippen LogP contribution >= 0.6 is 11.3 Å². The number of hydrogen-bond donors (Lipinski definition) is 1. The molecule has 142 valence electrons. The van der Waals surface area contributed by atoms with Crippen molar-refractivity contribution in [3.8, 4) is 16.3 Å². The lowest BCUT2D eigenvalue weighted by Gasteiger charge is -2.13. The number of hydrogen-bond acceptors (Lipinski definition) is 5. The number of carbonyl (C=O) groups is 1. The number of aromatic nitrogens is 3. The van der Waals surface area contributed by atoms with Crippen LogP contribution in [0.5, 0.6) is 5.75 Å². The first kappa shape index (κ1) is 19.1. The van der Waals surface area contributed by atoms with Crippen LogP contribution in [0.25, 0.3) is 10.6 Å². The molecule has 7 heteroatoms. The van der Waals surface area contributed by atoms with Gasteiger partial charge in [-0.25, -0.2) is 4.98 Å². The molecule has 6 nitrogen and oxygen atoms in total. The first-order valence-corrected chi connectivity index (χ1v) is 9.67. The molecule has 0 spiro atoms. The van der Waals surface area contributed by atoms with Crippen LogP contribution in [0.2, 0.25) is 0 Å². The van der Waals surface area contributed by atoms with Gasteiger partial charge >= 0.3 is 0 Å². The molecule has 0 unspecified atom stereocenters. The number of benzene rings is 1. The van der Waals surface area contributed by atoms with E-state index in [1.54, 1.807) is 12.5 Å². The normalized spacial score (nSPS) is 12.0. The Morgan fingerprint density at radius 1 is 1.30 bits per heavy atom. The summed E-state index contributed by atoms with van der Waals surface area (Å²) in [5.74, 6) is 0.640. The molecule has 3 aromatic rings. The molecular formula is C20H24N4O2S. The zero-order chi connectivity index (χ0) is 19.6. The molecule has 0 saturated carbocycles. The van der Waals surface area contributed by atoms with Crippen molar-refractivity contribution < 1.29 is 9.53 Å². The number of carbonyl (C=O) groups excluding carboxylic acids is 1. The summed E-state index contributed by atoms with van der Waals surface area (Å²) in [5, 5.41) is 10.1. The van der Waals surface area contributed by atoms with Gasteiger partial charge in [0.2, 0.25) is 0 Å². The summed E-state index contributed by atoms with van der Waals surface area (Å²) >= 11 is 1.46. The summed E-state index contributed by atoms with van der Waals surface area (Å²) in [4.78, 5) is 17.0. The van der Waals surface area contributed by atoms with E-state index in [0.717, 1.165) is 34.1 Å². The van der Waals surface area contributed by atoms with Crippen molar-refractivity contribution in [2.24, 2.45) is 7.05 Å². The number of thiazole rings is 1. The second-order valence-corrected chi connectivity index (χ2v) is 7.48. The molecule has 2 heterocycles. The number of rotatable bonds is 6. The van der Waals surface area contributed by atoms with E-state index in [0.29, 0.717) is 5.69 Å². The second kappa shape index (κ2) is 7.92. The number of methoxy groups -OCH3 is 1. The van der Waals surface area contributed by atoms with Crippen molar-refractivity contribution >= 4 is 17.2 Å². The first-order valence-electron chi connectivity index (χ1n) is 8.79. The number of ether oxygens (including phenoxy) is 1. The van der Waals surface area contributed by atoms with Gasteiger partial charge in [-0.3, -0.25) is 9.48 Å². The second-order valence-electron chi connectivity index (χ2n) is 6.62. The van der Waals surface area contributed by atoms with Crippen molar-refractivity contribution in [1.29, 1.82) is 0 Å². The van der Waals surface area contributed by atoms with E-state index in [1.807, 2.05) is 56.8 Å². The lowest BCUT2D eigenvalue weighted by atomic mass is 10.1. The third-order valence-corrected chi connectivity index (χ3v) is 5.51. The molecule has 27 heavy (non-hydrogen) atoms. The number of nitrogens with one attached hydrogen (secondary N) is 1. The molecule has 0 bridgehead atoms. The van der Waals surface area contributed by atoms with E-state index in [-0.39, 0.29) is 11.9 Å². The Morgan fingerprint density at radius 3 is 2.59 bits per heavy atom. The van der Waals surface area contributed by atoms with Crippen LogP contribution in [-0.2, 0) is 13.5 Å². The standard InChI is InChI=1S/C20H24N4O2S/c1-12(10-17-13(2)23-24(4)14(17)3)21-19(25)18-11-27-20(22-18)15-6-8-16(26-5)9-7-15/h6-9,11-12H,10H2,1-5H3,(H,21,25)/t12-/m0/s1. The highest BCUT2D eigenvalue weighted by molar-refractivity contribution is 7.13. The highest BCUT2D eigenvalue weighted by Gasteiger charge is 2.17. The number of amides is 1. The summed E-state index contributed by atoms with van der Waals surface area (Å²) < 4.78 is 7.05. The predicted octanol–water partition coefficient (Wildman–Crippen LogP) is 3.53. The molecule has 3 rings (SSSR count). The molecule has 2 aromatic heterocycles. The quantitative estimate of drug-likeness (QED) is 0.706. The molecule has 0 aliphatic heterocycles. The molecule has 1 aromatic carbocycles. The van der Waals surface area contributed by atoms with Gasteiger partial charge in [0.25, 0.3) is 5.91 Å². The maximum absolute atomic E-state index is 12.6. The Morgan fingerprint density at radius 2 is 2.00 bits per heavy atom. The number of nitrogens with zero attached hydrogens (tertiary/aromatic N) is 3. The topological polar surface area (TPSA) is 69.0 Å². The fourth-order valence-corrected chi connectivity index (χ4v) is 3.82. The molecule has 1 atom stereocenters. The van der Waals surface area contributed by atoms with Crippen molar-refractivity contribution in [2.75, 3.05) is 7.11 Å². The zero-order valence-corrected chi connectivity index (χ0v) is 17.1. The molecule has 0 aliphatic carbocycles. The van der Waals surface area contributed by atoms with Gasteiger partial charge < -0.3 is 10.1 Å². The molecule has 1 N–H and O–H groups in total. The highest BCUT2D eigenvalue weighted by Crippen LogP contribution is 2.25. The summed E-state index contributed by atoms with van der Waals surface area (Å²) in [5.41, 5.74) is 4.73. The van der Waals surface area contributed by atoms with E-state index in [9.17, 15) is 4.79 Å². The minimum atomic E-state index is -0.155. The summed E-state index contributed by atoms with van der Waals surface area (Å²) in [7, 11) is 3.57. The molecule has 0 saturated heterocycles. The summed E-state index contributed by atoms with van der Waals surface area (Å²) in [6, 6.07) is 7.64. The van der Waals surface area contributed by atoms with Crippen LogP contribution in [0.4, 0.5) is 0 Å². The van der Waals surface area contributed by atoms with Crippen molar-refractivity contribution in [2.45, 2.75) is 33.2 Å². The van der Waals surface area contributed by atoms with Crippen LogP contribution < -0.4 is 10.1 Å². The van der Waals surface area contributed by atoms with Crippen LogP contribution in [0, 0.1) is 13.8 Å². The van der Waals surface area contributed by atoms with Gasteiger partial charge in [-0.1, -0.05) is 0 Å². The van der Waals surface area contributed by atoms with Crippen LogP contribution in [0.1, 0.15) is 34.4 Å². The SMILES string of the molecule is COc1ccc(-c2nc(C(=O)N[C@@H](C)Cc3c(C)nn(C)c3C)cs2)cc1. The van der Waals surface area contributed by atoms with Gasteiger partial charge in [-0.2, -0.15) is 5.10 Å². The van der Waals surface area contributed by atoms with Gasteiger partial charge in [0, 0.05) is 29.7 Å².